The van der Waals surface area contributed by atoms with Crippen LogP contribution < -0.4 is 4.90 Å². The van der Waals surface area contributed by atoms with Crippen LogP contribution in [0.3, 0.4) is 0 Å². The van der Waals surface area contributed by atoms with Crippen LogP contribution in [0, 0.1) is 11.8 Å². The molecule has 1 N–H and O–H groups in total. The zero-order chi connectivity index (χ0) is 30.0. The number of para-hydroxylation sites is 1. The van der Waals surface area contributed by atoms with E-state index in [1.807, 2.05) is 30.3 Å². The molecular formula is C31H41BrN4O6. The fourth-order valence-corrected chi connectivity index (χ4v) is 8.08. The van der Waals surface area contributed by atoms with Gasteiger partial charge in [-0.25, -0.2) is 0 Å². The van der Waals surface area contributed by atoms with Crippen molar-refractivity contribution in [2.75, 3.05) is 64.0 Å². The van der Waals surface area contributed by atoms with E-state index in [4.69, 9.17) is 9.47 Å². The number of rotatable bonds is 12. The van der Waals surface area contributed by atoms with Gasteiger partial charge >= 0.3 is 0 Å². The second-order valence-corrected chi connectivity index (χ2v) is 12.7. The summed E-state index contributed by atoms with van der Waals surface area (Å²) in [4.78, 5) is 50.0. The molecule has 10 nitrogen and oxygen atoms in total. The molecule has 11 heteroatoms. The topological polar surface area (TPSA) is 103 Å². The number of aliphatic hydroxyl groups excluding tert-OH is 1. The van der Waals surface area contributed by atoms with Gasteiger partial charge in [-0.2, -0.15) is 0 Å². The summed E-state index contributed by atoms with van der Waals surface area (Å²) in [5.41, 5.74) is -0.504. The number of halogens is 1. The van der Waals surface area contributed by atoms with Crippen LogP contribution in [0.4, 0.5) is 5.69 Å². The molecule has 3 unspecified atom stereocenters. The molecule has 1 spiro atoms. The molecule has 42 heavy (non-hydrogen) atoms. The molecule has 5 rings (SSSR count). The Morgan fingerprint density at radius 1 is 1.17 bits per heavy atom. The number of benzene rings is 1. The monoisotopic (exact) mass is 644 g/mol. The van der Waals surface area contributed by atoms with Gasteiger partial charge in [0.15, 0.2) is 0 Å². The first-order chi connectivity index (χ1) is 20.3. The van der Waals surface area contributed by atoms with Crippen molar-refractivity contribution in [2.45, 2.75) is 42.0 Å². The Morgan fingerprint density at radius 3 is 2.50 bits per heavy atom. The third kappa shape index (κ3) is 5.34. The second kappa shape index (κ2) is 13.0. The molecule has 4 saturated heterocycles. The van der Waals surface area contributed by atoms with Crippen LogP contribution in [-0.4, -0.2) is 125 Å². The summed E-state index contributed by atoms with van der Waals surface area (Å²) in [6, 6.07) is 7.67. The maximum absolute atomic E-state index is 14.5. The van der Waals surface area contributed by atoms with Gasteiger partial charge in [0.05, 0.1) is 43.8 Å². The number of likely N-dealkylation sites (tertiary alicyclic amines) is 1. The lowest BCUT2D eigenvalue weighted by Crippen LogP contribution is -2.59. The quantitative estimate of drug-likeness (QED) is 0.273. The Bertz CT molecular complexity index is 1180. The lowest BCUT2D eigenvalue weighted by atomic mass is 9.70. The largest absolute Gasteiger partial charge is 0.394 e. The average Bonchev–Trinajstić information content (AvgIpc) is 3.61. The fourth-order valence-electron chi connectivity index (χ4n) is 7.14. The zero-order valence-corrected chi connectivity index (χ0v) is 25.7. The molecule has 0 aliphatic carbocycles. The Balaban J connectivity index is 1.50. The van der Waals surface area contributed by atoms with Crippen LogP contribution in [0.15, 0.2) is 55.6 Å². The number of nitrogens with zero attached hydrogens (tertiary/aromatic N) is 4. The van der Waals surface area contributed by atoms with Crippen LogP contribution in [-0.2, 0) is 23.9 Å². The van der Waals surface area contributed by atoms with Gasteiger partial charge < -0.3 is 29.3 Å². The normalized spacial score (nSPS) is 31.1. The summed E-state index contributed by atoms with van der Waals surface area (Å²) in [5.74, 6) is -2.47. The van der Waals surface area contributed by atoms with Crippen molar-refractivity contribution in [3.05, 3.63) is 55.6 Å². The van der Waals surface area contributed by atoms with E-state index in [0.717, 1.165) is 13.1 Å². The number of ether oxygens (including phenoxy) is 2. The summed E-state index contributed by atoms with van der Waals surface area (Å²) in [5, 5.41) is 10.2. The predicted octanol–water partition coefficient (Wildman–Crippen LogP) is 1.68. The minimum absolute atomic E-state index is 0.224. The molecule has 0 radical (unpaired) electrons. The number of fused-ring (bicyclic) bond motifs is 1. The van der Waals surface area contributed by atoms with Crippen molar-refractivity contribution in [1.29, 1.82) is 0 Å². The maximum Gasteiger partial charge on any atom is 0.248 e. The van der Waals surface area contributed by atoms with Crippen LogP contribution in [0.5, 0.6) is 0 Å². The summed E-state index contributed by atoms with van der Waals surface area (Å²) in [6.45, 7) is 13.7. The first-order valence-electron chi connectivity index (χ1n) is 14.7. The second-order valence-electron chi connectivity index (χ2n) is 11.5. The number of amides is 3. The molecule has 4 heterocycles. The van der Waals surface area contributed by atoms with Crippen LogP contribution >= 0.6 is 15.9 Å². The number of aliphatic hydroxyl groups is 1. The van der Waals surface area contributed by atoms with Crippen molar-refractivity contribution < 1.29 is 29.0 Å². The van der Waals surface area contributed by atoms with E-state index in [9.17, 15) is 19.5 Å². The van der Waals surface area contributed by atoms with Gasteiger partial charge in [0, 0.05) is 49.8 Å². The number of carbonyl (C=O) groups excluding carboxylic acids is 3. The third-order valence-corrected chi connectivity index (χ3v) is 9.93. The number of morpholine rings is 1. The molecule has 2 bridgehead atoms. The smallest absolute Gasteiger partial charge is 0.248 e. The number of hydrogen-bond acceptors (Lipinski definition) is 7. The van der Waals surface area contributed by atoms with Gasteiger partial charge in [-0.05, 0) is 25.5 Å². The molecule has 3 amide bonds. The fraction of sp³-hybridized carbons (Fsp3) is 0.581. The van der Waals surface area contributed by atoms with E-state index in [1.54, 1.807) is 28.9 Å². The van der Waals surface area contributed by atoms with Crippen LogP contribution in [0.2, 0.25) is 0 Å². The number of alkyl halides is 1. The SMILES string of the molecule is C=CCN(CCN1CCOCC1)C(=O)C1N([C@H](C)CO)C(=O)[C@@H]2[C@H](C(=O)N(CC=C)c3ccccc3)[C@H]3OC12CC3Br. The Kier molecular flexibility index (Phi) is 9.53. The van der Waals surface area contributed by atoms with Crippen molar-refractivity contribution in [2.24, 2.45) is 11.8 Å². The van der Waals surface area contributed by atoms with Gasteiger partial charge in [-0.3, -0.25) is 19.3 Å². The number of hydrogen-bond donors (Lipinski definition) is 1. The van der Waals surface area contributed by atoms with Gasteiger partial charge in [0.1, 0.15) is 11.6 Å². The van der Waals surface area contributed by atoms with E-state index < -0.39 is 35.6 Å². The van der Waals surface area contributed by atoms with Gasteiger partial charge in [-0.15, -0.1) is 13.2 Å². The first-order valence-corrected chi connectivity index (χ1v) is 15.6. The van der Waals surface area contributed by atoms with E-state index in [2.05, 4.69) is 34.0 Å². The molecule has 0 saturated carbocycles. The molecule has 1 aromatic carbocycles. The Labute approximate surface area is 256 Å². The molecule has 228 valence electrons. The van der Waals surface area contributed by atoms with Gasteiger partial charge in [0.25, 0.3) is 0 Å². The predicted molar refractivity (Wildman–Crippen MR) is 162 cm³/mol. The first kappa shape index (κ1) is 30.9. The zero-order valence-electron chi connectivity index (χ0n) is 24.1. The van der Waals surface area contributed by atoms with E-state index >= 15 is 0 Å². The van der Waals surface area contributed by atoms with Crippen molar-refractivity contribution >= 4 is 39.3 Å². The molecule has 4 aliphatic heterocycles. The summed E-state index contributed by atoms with van der Waals surface area (Å²) >= 11 is 3.75. The van der Waals surface area contributed by atoms with Crippen LogP contribution in [0.1, 0.15) is 13.3 Å². The Morgan fingerprint density at radius 2 is 1.86 bits per heavy atom. The molecule has 7 atom stereocenters. The molecule has 4 aliphatic rings. The molecule has 1 aromatic rings. The van der Waals surface area contributed by atoms with E-state index in [0.29, 0.717) is 45.0 Å². The van der Waals surface area contributed by atoms with Crippen molar-refractivity contribution in [3.63, 3.8) is 0 Å². The highest BCUT2D eigenvalue weighted by atomic mass is 79.9. The molecule has 4 fully saturated rings. The summed E-state index contributed by atoms with van der Waals surface area (Å²) in [7, 11) is 0. The minimum atomic E-state index is -1.20. The number of carbonyl (C=O) groups is 3. The third-order valence-electron chi connectivity index (χ3n) is 9.08. The summed E-state index contributed by atoms with van der Waals surface area (Å²) < 4.78 is 12.1. The number of anilines is 1. The van der Waals surface area contributed by atoms with Crippen molar-refractivity contribution in [1.82, 2.24) is 14.7 Å². The van der Waals surface area contributed by atoms with Crippen molar-refractivity contribution in [3.8, 4) is 0 Å². The van der Waals surface area contributed by atoms with E-state index in [1.165, 1.54) is 4.90 Å². The Hall–Kier alpha value is -2.57. The summed E-state index contributed by atoms with van der Waals surface area (Å²) in [6.07, 6.45) is 3.17. The maximum atomic E-state index is 14.5. The van der Waals surface area contributed by atoms with Crippen LogP contribution in [0.25, 0.3) is 0 Å². The lowest BCUT2D eigenvalue weighted by molar-refractivity contribution is -0.150. The van der Waals surface area contributed by atoms with Gasteiger partial charge in [-0.1, -0.05) is 46.3 Å². The van der Waals surface area contributed by atoms with E-state index in [-0.39, 0.29) is 35.7 Å². The lowest BCUT2D eigenvalue weighted by Gasteiger charge is -2.39. The highest BCUT2D eigenvalue weighted by molar-refractivity contribution is 9.09. The highest BCUT2D eigenvalue weighted by Gasteiger charge is 2.77. The molecule has 0 aromatic heterocycles. The standard InChI is InChI=1S/C31H41BrN4O6/c1-4-11-34(14-13-33-15-17-41-18-16-33)30(40)27-31-19-23(32)26(42-31)24(25(31)29(39)36(27)21(3)20-37)28(38)35(12-5-2)22-9-7-6-8-10-22/h4-10,21,23-27,37H,1-2,11-20H2,3H3/t21-,23?,24+,25+,26+,27?,31?/m1/s1. The molecular weight excluding hydrogens is 604 g/mol. The van der Waals surface area contributed by atoms with Gasteiger partial charge in [0.2, 0.25) is 17.7 Å². The highest BCUT2D eigenvalue weighted by Crippen LogP contribution is 2.61. The minimum Gasteiger partial charge on any atom is -0.394 e. The average molecular weight is 646 g/mol.